The predicted molar refractivity (Wildman–Crippen MR) is 148 cm³/mol. The Bertz CT molecular complexity index is 1310. The molecule has 8 heteroatoms. The Hall–Kier alpha value is -3.65. The van der Waals surface area contributed by atoms with Gasteiger partial charge in [-0.15, -0.1) is 0 Å². The molecule has 1 N–H and O–H groups in total. The smallest absolute Gasteiger partial charge is 0.244 e. The van der Waals surface area contributed by atoms with E-state index in [1.165, 1.54) is 4.90 Å². The van der Waals surface area contributed by atoms with Crippen LogP contribution in [0.3, 0.4) is 0 Å². The molecule has 7 nitrogen and oxygen atoms in total. The van der Waals surface area contributed by atoms with Gasteiger partial charge in [-0.05, 0) is 55.2 Å². The summed E-state index contributed by atoms with van der Waals surface area (Å²) < 4.78 is 26.7. The molecule has 0 aliphatic carbocycles. The lowest BCUT2D eigenvalue weighted by molar-refractivity contribution is -0.140. The van der Waals surface area contributed by atoms with Crippen LogP contribution in [0.4, 0.5) is 5.69 Å². The number of benzene rings is 3. The number of carbonyl (C=O) groups is 2. The van der Waals surface area contributed by atoms with E-state index < -0.39 is 28.5 Å². The molecule has 0 radical (unpaired) electrons. The number of nitrogens with one attached hydrogen (secondary N) is 1. The molecule has 196 valence electrons. The Morgan fingerprint density at radius 1 is 0.865 bits per heavy atom. The number of likely N-dealkylation sites (N-methyl/N-ethyl adjacent to an activating group) is 1. The van der Waals surface area contributed by atoms with Gasteiger partial charge in [0.25, 0.3) is 0 Å². The van der Waals surface area contributed by atoms with Crippen molar-refractivity contribution in [2.24, 2.45) is 0 Å². The summed E-state index contributed by atoms with van der Waals surface area (Å²) in [4.78, 5) is 28.7. The zero-order chi connectivity index (χ0) is 27.0. The number of sulfonamides is 1. The van der Waals surface area contributed by atoms with Crippen molar-refractivity contribution in [1.82, 2.24) is 10.2 Å². The summed E-state index contributed by atoms with van der Waals surface area (Å²) in [5, 5.41) is 2.85. The molecule has 1 atom stereocenters. The molecule has 0 fully saturated rings. The summed E-state index contributed by atoms with van der Waals surface area (Å²) in [6.45, 7) is 5.82. The van der Waals surface area contributed by atoms with Crippen LogP contribution in [0.2, 0.25) is 0 Å². The third kappa shape index (κ3) is 7.67. The number of carbonyl (C=O) groups excluding carboxylic acids is 2. The van der Waals surface area contributed by atoms with Crippen LogP contribution in [0.15, 0.2) is 78.9 Å². The van der Waals surface area contributed by atoms with Crippen LogP contribution in [0.5, 0.6) is 0 Å². The fourth-order valence-electron chi connectivity index (χ4n) is 4.12. The van der Waals surface area contributed by atoms with E-state index >= 15 is 0 Å². The van der Waals surface area contributed by atoms with Crippen molar-refractivity contribution in [2.45, 2.75) is 39.8 Å². The highest BCUT2D eigenvalue weighted by molar-refractivity contribution is 7.92. The van der Waals surface area contributed by atoms with Crippen molar-refractivity contribution in [1.29, 1.82) is 0 Å². The lowest BCUT2D eigenvalue weighted by Crippen LogP contribution is -2.53. The highest BCUT2D eigenvalue weighted by atomic mass is 32.2. The molecule has 1 unspecified atom stereocenters. The van der Waals surface area contributed by atoms with Crippen molar-refractivity contribution >= 4 is 27.5 Å². The summed E-state index contributed by atoms with van der Waals surface area (Å²) in [6, 6.07) is 23.4. The molecule has 0 heterocycles. The van der Waals surface area contributed by atoms with Crippen LogP contribution in [-0.4, -0.2) is 50.5 Å². The Balaban J connectivity index is 2.03. The predicted octanol–water partition coefficient (Wildman–Crippen LogP) is 3.85. The molecule has 0 spiro atoms. The molecule has 3 aromatic carbocycles. The third-order valence-corrected chi connectivity index (χ3v) is 7.42. The Labute approximate surface area is 220 Å². The van der Waals surface area contributed by atoms with E-state index in [1.807, 2.05) is 87.5 Å². The molecular formula is C29H35N3O4S. The van der Waals surface area contributed by atoms with Gasteiger partial charge in [-0.2, -0.15) is 0 Å². The lowest BCUT2D eigenvalue weighted by atomic mass is 10.0. The van der Waals surface area contributed by atoms with Gasteiger partial charge in [0.2, 0.25) is 21.8 Å². The first-order chi connectivity index (χ1) is 17.6. The minimum Gasteiger partial charge on any atom is -0.355 e. The first-order valence-electron chi connectivity index (χ1n) is 12.3. The summed E-state index contributed by atoms with van der Waals surface area (Å²) in [6.07, 6.45) is 1.38. The first kappa shape index (κ1) is 27.9. The van der Waals surface area contributed by atoms with Gasteiger partial charge in [0.1, 0.15) is 12.6 Å². The number of nitrogens with zero attached hydrogens (tertiary/aromatic N) is 2. The minimum absolute atomic E-state index is 0.166. The van der Waals surface area contributed by atoms with Gasteiger partial charge in [-0.1, -0.05) is 66.7 Å². The van der Waals surface area contributed by atoms with Crippen LogP contribution >= 0.6 is 0 Å². The largest absolute Gasteiger partial charge is 0.355 e. The van der Waals surface area contributed by atoms with Crippen LogP contribution in [-0.2, 0) is 32.6 Å². The van der Waals surface area contributed by atoms with Crippen molar-refractivity contribution in [3.8, 4) is 0 Å². The van der Waals surface area contributed by atoms with E-state index in [0.29, 0.717) is 18.7 Å². The maximum atomic E-state index is 13.9. The monoisotopic (exact) mass is 521 g/mol. The van der Waals surface area contributed by atoms with Crippen molar-refractivity contribution < 1.29 is 18.0 Å². The fraction of sp³-hybridized carbons (Fsp3) is 0.310. The minimum atomic E-state index is -3.78. The number of rotatable bonds is 11. The fourth-order valence-corrected chi connectivity index (χ4v) is 4.96. The SMILES string of the molecule is CCNC(=O)C(Cc1ccccc1)N(Cc1ccccc1)C(=O)CN(c1ccc(C)c(C)c1)S(C)(=O)=O. The van der Waals surface area contributed by atoms with Crippen molar-refractivity contribution in [3.63, 3.8) is 0 Å². The van der Waals surface area contributed by atoms with Gasteiger partial charge in [-0.3, -0.25) is 13.9 Å². The maximum Gasteiger partial charge on any atom is 0.244 e. The number of anilines is 1. The molecule has 0 bridgehead atoms. The van der Waals surface area contributed by atoms with E-state index in [-0.39, 0.29) is 12.5 Å². The van der Waals surface area contributed by atoms with E-state index in [0.717, 1.165) is 32.8 Å². The quantitative estimate of drug-likeness (QED) is 0.415. The van der Waals surface area contributed by atoms with E-state index in [2.05, 4.69) is 5.32 Å². The van der Waals surface area contributed by atoms with E-state index in [1.54, 1.807) is 12.1 Å². The van der Waals surface area contributed by atoms with Crippen molar-refractivity contribution in [3.05, 3.63) is 101 Å². The van der Waals surface area contributed by atoms with Crippen LogP contribution < -0.4 is 9.62 Å². The second kappa shape index (κ2) is 12.5. The molecule has 37 heavy (non-hydrogen) atoms. The lowest BCUT2D eigenvalue weighted by Gasteiger charge is -2.33. The summed E-state index contributed by atoms with van der Waals surface area (Å²) in [5.74, 6) is -0.743. The zero-order valence-electron chi connectivity index (χ0n) is 21.8. The van der Waals surface area contributed by atoms with Gasteiger partial charge in [0.05, 0.1) is 11.9 Å². The second-order valence-corrected chi connectivity index (χ2v) is 11.1. The average Bonchev–Trinajstić information content (AvgIpc) is 2.87. The molecular weight excluding hydrogens is 486 g/mol. The Kier molecular flexibility index (Phi) is 9.47. The van der Waals surface area contributed by atoms with Crippen LogP contribution in [0.25, 0.3) is 0 Å². The molecule has 0 saturated heterocycles. The van der Waals surface area contributed by atoms with Crippen molar-refractivity contribution in [2.75, 3.05) is 23.7 Å². The zero-order valence-corrected chi connectivity index (χ0v) is 22.7. The standard InChI is InChI=1S/C29H35N3O4S/c1-5-30-29(34)27(19-24-12-8-6-9-13-24)31(20-25-14-10-7-11-15-25)28(33)21-32(37(4,35)36)26-17-16-22(2)23(3)18-26/h6-18,27H,5,19-21H2,1-4H3,(H,30,34). The maximum absolute atomic E-state index is 13.9. The highest BCUT2D eigenvalue weighted by Crippen LogP contribution is 2.23. The molecule has 0 saturated carbocycles. The normalized spacial score (nSPS) is 12.0. The summed E-state index contributed by atoms with van der Waals surface area (Å²) >= 11 is 0. The second-order valence-electron chi connectivity index (χ2n) is 9.15. The van der Waals surface area contributed by atoms with Gasteiger partial charge in [-0.25, -0.2) is 8.42 Å². The molecule has 0 aliphatic heterocycles. The number of amides is 2. The van der Waals surface area contributed by atoms with Crippen LogP contribution in [0.1, 0.15) is 29.2 Å². The topological polar surface area (TPSA) is 86.8 Å². The number of aryl methyl sites for hydroxylation is 2. The van der Waals surface area contributed by atoms with E-state index in [9.17, 15) is 18.0 Å². The summed E-state index contributed by atoms with van der Waals surface area (Å²) in [5.41, 5.74) is 4.10. The van der Waals surface area contributed by atoms with Gasteiger partial charge in [0.15, 0.2) is 0 Å². The Morgan fingerprint density at radius 3 is 2.00 bits per heavy atom. The number of hydrogen-bond acceptors (Lipinski definition) is 4. The molecule has 0 aliphatic rings. The van der Waals surface area contributed by atoms with Gasteiger partial charge >= 0.3 is 0 Å². The van der Waals surface area contributed by atoms with Gasteiger partial charge in [0, 0.05) is 19.5 Å². The molecule has 0 aromatic heterocycles. The average molecular weight is 522 g/mol. The molecule has 3 aromatic rings. The van der Waals surface area contributed by atoms with E-state index in [4.69, 9.17) is 0 Å². The first-order valence-corrected chi connectivity index (χ1v) is 14.1. The number of hydrogen-bond donors (Lipinski definition) is 1. The Morgan fingerprint density at radius 2 is 1.46 bits per heavy atom. The van der Waals surface area contributed by atoms with Gasteiger partial charge < -0.3 is 10.2 Å². The molecule has 2 amide bonds. The van der Waals surface area contributed by atoms with Crippen LogP contribution in [0, 0.1) is 13.8 Å². The molecule has 3 rings (SSSR count). The summed E-state index contributed by atoms with van der Waals surface area (Å²) in [7, 11) is -3.78. The highest BCUT2D eigenvalue weighted by Gasteiger charge is 2.32. The third-order valence-electron chi connectivity index (χ3n) is 6.28.